The van der Waals surface area contributed by atoms with Gasteiger partial charge in [-0.3, -0.25) is 10.2 Å². The first-order chi connectivity index (χ1) is 14.0. The van der Waals surface area contributed by atoms with Crippen molar-refractivity contribution in [2.75, 3.05) is 5.75 Å². The van der Waals surface area contributed by atoms with Crippen molar-refractivity contribution >= 4 is 63.6 Å². The molecule has 1 amide bonds. The molecule has 2 aromatic heterocycles. The molecule has 0 radical (unpaired) electrons. The first-order valence-corrected chi connectivity index (χ1v) is 11.6. The Morgan fingerprint density at radius 2 is 2.17 bits per heavy atom. The highest BCUT2D eigenvalue weighted by atomic mass is 32.2. The number of carbonyl (C=O) groups is 1. The molecule has 2 aromatic rings. The van der Waals surface area contributed by atoms with Gasteiger partial charge < -0.3 is 8.83 Å². The van der Waals surface area contributed by atoms with E-state index in [0.29, 0.717) is 32.9 Å². The molecular formula is C19H18N4O3S3. The number of fused-ring (bicyclic) bond motifs is 1. The zero-order chi connectivity index (χ0) is 20.4. The molecule has 0 unspecified atom stereocenters. The first kappa shape index (κ1) is 20.1. The molecule has 0 atom stereocenters. The van der Waals surface area contributed by atoms with Crippen LogP contribution < -0.4 is 0 Å². The Labute approximate surface area is 180 Å². The van der Waals surface area contributed by atoms with Crippen molar-refractivity contribution < 1.29 is 13.6 Å². The number of aliphatic imine (C=N–C) groups is 1. The van der Waals surface area contributed by atoms with E-state index in [9.17, 15) is 4.79 Å². The summed E-state index contributed by atoms with van der Waals surface area (Å²) in [5.74, 6) is 2.98. The third-order valence-corrected chi connectivity index (χ3v) is 6.98. The van der Waals surface area contributed by atoms with Gasteiger partial charge in [-0.25, -0.2) is 4.90 Å². The molecule has 1 N–H and O–H groups in total. The lowest BCUT2D eigenvalue weighted by molar-refractivity contribution is -0.114. The van der Waals surface area contributed by atoms with E-state index < -0.39 is 5.91 Å². The summed E-state index contributed by atoms with van der Waals surface area (Å²) in [7, 11) is 0. The van der Waals surface area contributed by atoms with Crippen LogP contribution in [-0.4, -0.2) is 32.7 Å². The van der Waals surface area contributed by atoms with E-state index in [4.69, 9.17) is 14.2 Å². The molecule has 0 fully saturated rings. The van der Waals surface area contributed by atoms with E-state index in [1.54, 1.807) is 35.1 Å². The molecular weight excluding hydrogens is 428 g/mol. The first-order valence-electron chi connectivity index (χ1n) is 8.88. The fourth-order valence-electron chi connectivity index (χ4n) is 2.50. The number of nitrogens with zero attached hydrogens (tertiary/aromatic N) is 3. The van der Waals surface area contributed by atoms with Crippen LogP contribution in [0.3, 0.4) is 0 Å². The normalized spacial score (nSPS) is 17.9. The number of rotatable bonds is 6. The van der Waals surface area contributed by atoms with Gasteiger partial charge in [0.2, 0.25) is 5.17 Å². The summed E-state index contributed by atoms with van der Waals surface area (Å²) in [6.45, 7) is 4.25. The van der Waals surface area contributed by atoms with E-state index in [1.807, 2.05) is 18.2 Å². The zero-order valence-corrected chi connectivity index (χ0v) is 18.2. The molecule has 4 rings (SSSR count). The van der Waals surface area contributed by atoms with Crippen molar-refractivity contribution in [2.45, 2.75) is 24.7 Å². The van der Waals surface area contributed by atoms with Crippen molar-refractivity contribution in [1.29, 1.82) is 5.41 Å². The Kier molecular flexibility index (Phi) is 6.02. The van der Waals surface area contributed by atoms with Crippen LogP contribution in [0.15, 0.2) is 59.4 Å². The summed E-state index contributed by atoms with van der Waals surface area (Å²) < 4.78 is 15.5. The second-order valence-electron chi connectivity index (χ2n) is 6.64. The zero-order valence-electron chi connectivity index (χ0n) is 15.7. The molecule has 0 saturated carbocycles. The molecule has 0 aliphatic carbocycles. The standard InChI is InChI=1S/C19H18N4O3S3/c1-11(2)9-28-19-22-29-18-21-17(24)14(16(20)23(18)19)8-12-5-6-15(26-12)27-10-13-4-3-7-25-13/h3-8,11,20H,9-10H2,1-2H3/b14-8-,20-16?. The number of amidine groups is 3. The van der Waals surface area contributed by atoms with Crippen LogP contribution in [0.5, 0.6) is 0 Å². The van der Waals surface area contributed by atoms with E-state index in [0.717, 1.165) is 23.5 Å². The summed E-state index contributed by atoms with van der Waals surface area (Å²) >= 11 is 4.19. The molecule has 0 spiro atoms. The van der Waals surface area contributed by atoms with Crippen LogP contribution in [0.1, 0.15) is 25.4 Å². The molecule has 0 aromatic carbocycles. The maximum absolute atomic E-state index is 12.5. The predicted molar refractivity (Wildman–Crippen MR) is 119 cm³/mol. The molecule has 0 bridgehead atoms. The molecule has 2 aliphatic heterocycles. The predicted octanol–water partition coefficient (Wildman–Crippen LogP) is 5.13. The Bertz CT molecular complexity index is 1020. The van der Waals surface area contributed by atoms with Gasteiger partial charge in [0, 0.05) is 5.75 Å². The Morgan fingerprint density at radius 1 is 1.31 bits per heavy atom. The number of nitrogens with one attached hydrogen (secondary N) is 1. The van der Waals surface area contributed by atoms with Crippen LogP contribution >= 0.6 is 35.5 Å². The SMILES string of the molecule is CC(C)CSC1=NSC2=NC(=O)/C(=C\c3ccc(SCc4ccco4)o3)C(=N)N12. The quantitative estimate of drug-likeness (QED) is 0.373. The number of furan rings is 2. The highest BCUT2D eigenvalue weighted by molar-refractivity contribution is 8.19. The van der Waals surface area contributed by atoms with Gasteiger partial charge in [0.05, 0.1) is 29.5 Å². The number of amides is 1. The molecule has 0 saturated heterocycles. The van der Waals surface area contributed by atoms with Crippen LogP contribution in [0.4, 0.5) is 0 Å². The summed E-state index contributed by atoms with van der Waals surface area (Å²) in [5.41, 5.74) is 0.186. The maximum Gasteiger partial charge on any atom is 0.283 e. The second-order valence-corrected chi connectivity index (χ2v) is 9.33. The molecule has 10 heteroatoms. The van der Waals surface area contributed by atoms with Crippen LogP contribution in [0.2, 0.25) is 0 Å². The summed E-state index contributed by atoms with van der Waals surface area (Å²) in [5, 5.41) is 10.4. The van der Waals surface area contributed by atoms with Gasteiger partial charge in [0.25, 0.3) is 5.91 Å². The minimum atomic E-state index is -0.458. The summed E-state index contributed by atoms with van der Waals surface area (Å²) in [4.78, 5) is 18.2. The maximum atomic E-state index is 12.5. The number of hydrogen-bond donors (Lipinski definition) is 1. The monoisotopic (exact) mass is 446 g/mol. The van der Waals surface area contributed by atoms with E-state index >= 15 is 0 Å². The smallest absolute Gasteiger partial charge is 0.283 e. The molecule has 4 heterocycles. The average molecular weight is 447 g/mol. The van der Waals surface area contributed by atoms with Crippen molar-refractivity contribution in [2.24, 2.45) is 15.3 Å². The summed E-state index contributed by atoms with van der Waals surface area (Å²) in [6, 6.07) is 7.36. The molecule has 7 nitrogen and oxygen atoms in total. The molecule has 29 heavy (non-hydrogen) atoms. The Morgan fingerprint density at radius 3 is 2.93 bits per heavy atom. The lowest BCUT2D eigenvalue weighted by Gasteiger charge is -2.24. The van der Waals surface area contributed by atoms with Gasteiger partial charge in [-0.1, -0.05) is 37.4 Å². The van der Waals surface area contributed by atoms with Gasteiger partial charge in [-0.15, -0.1) is 0 Å². The number of thioether (sulfide) groups is 2. The van der Waals surface area contributed by atoms with Crippen LogP contribution in [0.25, 0.3) is 6.08 Å². The van der Waals surface area contributed by atoms with Crippen molar-refractivity contribution in [3.05, 3.63) is 47.6 Å². The van der Waals surface area contributed by atoms with Crippen LogP contribution in [-0.2, 0) is 10.5 Å². The average Bonchev–Trinajstić information content (AvgIpc) is 3.42. The molecule has 150 valence electrons. The third-order valence-electron chi connectivity index (χ3n) is 3.87. The fraction of sp³-hybridized carbons (Fsp3) is 0.263. The molecule has 2 aliphatic rings. The fourth-order valence-corrected chi connectivity index (χ4v) is 5.07. The van der Waals surface area contributed by atoms with Gasteiger partial charge in [0.1, 0.15) is 17.4 Å². The lowest BCUT2D eigenvalue weighted by Crippen LogP contribution is -2.41. The van der Waals surface area contributed by atoms with Gasteiger partial charge in [-0.05, 0) is 36.3 Å². The van der Waals surface area contributed by atoms with Gasteiger partial charge in [-0.2, -0.15) is 9.39 Å². The number of hydrogen-bond acceptors (Lipinski definition) is 8. The summed E-state index contributed by atoms with van der Waals surface area (Å²) in [6.07, 6.45) is 3.20. The van der Waals surface area contributed by atoms with Crippen molar-refractivity contribution in [3.63, 3.8) is 0 Å². The second kappa shape index (κ2) is 8.68. The minimum Gasteiger partial charge on any atom is -0.468 e. The highest BCUT2D eigenvalue weighted by Crippen LogP contribution is 2.33. The topological polar surface area (TPSA) is 95.2 Å². The third kappa shape index (κ3) is 4.54. The number of carbonyl (C=O) groups excluding carboxylic acids is 1. The van der Waals surface area contributed by atoms with Crippen LogP contribution in [0, 0.1) is 11.3 Å². The van der Waals surface area contributed by atoms with Gasteiger partial charge >= 0.3 is 0 Å². The van der Waals surface area contributed by atoms with E-state index in [2.05, 4.69) is 23.2 Å². The van der Waals surface area contributed by atoms with E-state index in [1.165, 1.54) is 11.8 Å². The largest absolute Gasteiger partial charge is 0.468 e. The van der Waals surface area contributed by atoms with Gasteiger partial charge in [0.15, 0.2) is 10.3 Å². The highest BCUT2D eigenvalue weighted by Gasteiger charge is 2.37. The van der Waals surface area contributed by atoms with Crippen molar-refractivity contribution in [1.82, 2.24) is 4.90 Å². The lowest BCUT2D eigenvalue weighted by atomic mass is 10.1. The Balaban J connectivity index is 1.49. The van der Waals surface area contributed by atoms with Crippen molar-refractivity contribution in [3.8, 4) is 0 Å². The van der Waals surface area contributed by atoms with E-state index in [-0.39, 0.29) is 11.4 Å². The minimum absolute atomic E-state index is 0.0706. The Hall–Kier alpha value is -2.17.